The highest BCUT2D eigenvalue weighted by atomic mass is 32.1. The van der Waals surface area contributed by atoms with Crippen molar-refractivity contribution in [3.8, 4) is 11.4 Å². The lowest BCUT2D eigenvalue weighted by molar-refractivity contribution is 0.281. The SMILES string of the molecule is OCc1nc(-c2ccccn2)cs1. The molecule has 2 rings (SSSR count). The molecule has 0 aliphatic rings. The average molecular weight is 192 g/mol. The van der Waals surface area contributed by atoms with E-state index in [1.807, 2.05) is 23.6 Å². The Morgan fingerprint density at radius 1 is 1.31 bits per heavy atom. The largest absolute Gasteiger partial charge is 0.389 e. The fourth-order valence-corrected chi connectivity index (χ4v) is 1.66. The van der Waals surface area contributed by atoms with Crippen LogP contribution in [0.3, 0.4) is 0 Å². The average Bonchev–Trinajstić information content (AvgIpc) is 2.67. The summed E-state index contributed by atoms with van der Waals surface area (Å²) in [6.07, 6.45) is 1.73. The smallest absolute Gasteiger partial charge is 0.119 e. The molecule has 0 aliphatic carbocycles. The van der Waals surface area contributed by atoms with Crippen LogP contribution in [0, 0.1) is 0 Å². The van der Waals surface area contributed by atoms with Gasteiger partial charge in [0.15, 0.2) is 0 Å². The van der Waals surface area contributed by atoms with Gasteiger partial charge in [-0.15, -0.1) is 11.3 Å². The summed E-state index contributed by atoms with van der Waals surface area (Å²) < 4.78 is 0. The molecule has 0 spiro atoms. The van der Waals surface area contributed by atoms with Crippen molar-refractivity contribution < 1.29 is 5.11 Å². The van der Waals surface area contributed by atoms with Crippen LogP contribution in [0.5, 0.6) is 0 Å². The molecule has 0 unspecified atom stereocenters. The zero-order valence-corrected chi connectivity index (χ0v) is 7.66. The highest BCUT2D eigenvalue weighted by Gasteiger charge is 2.03. The minimum Gasteiger partial charge on any atom is -0.389 e. The molecule has 0 atom stereocenters. The van der Waals surface area contributed by atoms with Gasteiger partial charge in [-0.3, -0.25) is 4.98 Å². The molecule has 2 aromatic rings. The van der Waals surface area contributed by atoms with Crippen LogP contribution in [0.25, 0.3) is 11.4 Å². The van der Waals surface area contributed by atoms with Crippen LogP contribution in [-0.2, 0) is 6.61 Å². The number of pyridine rings is 1. The molecule has 66 valence electrons. The number of nitrogens with zero attached hydrogens (tertiary/aromatic N) is 2. The lowest BCUT2D eigenvalue weighted by atomic mass is 10.3. The summed E-state index contributed by atoms with van der Waals surface area (Å²) in [5.41, 5.74) is 1.67. The highest BCUT2D eigenvalue weighted by molar-refractivity contribution is 7.09. The molecule has 0 bridgehead atoms. The molecule has 2 aromatic heterocycles. The lowest BCUT2D eigenvalue weighted by Crippen LogP contribution is -1.84. The number of hydrogen-bond acceptors (Lipinski definition) is 4. The number of aliphatic hydroxyl groups excluding tert-OH is 1. The predicted octanol–water partition coefficient (Wildman–Crippen LogP) is 1.70. The van der Waals surface area contributed by atoms with E-state index in [2.05, 4.69) is 9.97 Å². The van der Waals surface area contributed by atoms with E-state index in [-0.39, 0.29) is 6.61 Å². The molecular weight excluding hydrogens is 184 g/mol. The fraction of sp³-hybridized carbons (Fsp3) is 0.111. The Labute approximate surface area is 79.7 Å². The highest BCUT2D eigenvalue weighted by Crippen LogP contribution is 2.19. The van der Waals surface area contributed by atoms with Gasteiger partial charge in [-0.05, 0) is 12.1 Å². The number of rotatable bonds is 2. The molecule has 2 heterocycles. The minimum absolute atomic E-state index is 0.00248. The Morgan fingerprint density at radius 2 is 2.23 bits per heavy atom. The Hall–Kier alpha value is -1.26. The minimum atomic E-state index is -0.00248. The summed E-state index contributed by atoms with van der Waals surface area (Å²) in [6.45, 7) is -0.00248. The van der Waals surface area contributed by atoms with Gasteiger partial charge < -0.3 is 5.11 Å². The second-order valence-corrected chi connectivity index (χ2v) is 3.44. The third-order valence-electron chi connectivity index (χ3n) is 1.61. The molecule has 0 radical (unpaired) electrons. The van der Waals surface area contributed by atoms with Crippen LogP contribution < -0.4 is 0 Å². The van der Waals surface area contributed by atoms with Gasteiger partial charge >= 0.3 is 0 Å². The van der Waals surface area contributed by atoms with E-state index in [4.69, 9.17) is 5.11 Å². The van der Waals surface area contributed by atoms with E-state index in [0.717, 1.165) is 16.4 Å². The standard InChI is InChI=1S/C9H8N2OS/c12-5-9-11-8(6-13-9)7-3-1-2-4-10-7/h1-4,6,12H,5H2. The molecule has 3 nitrogen and oxygen atoms in total. The van der Waals surface area contributed by atoms with Gasteiger partial charge in [-0.25, -0.2) is 4.98 Å². The summed E-state index contributed by atoms with van der Waals surface area (Å²) in [4.78, 5) is 8.36. The monoisotopic (exact) mass is 192 g/mol. The molecule has 1 N–H and O–H groups in total. The molecule has 0 saturated carbocycles. The molecule has 0 aliphatic heterocycles. The van der Waals surface area contributed by atoms with Crippen LogP contribution in [0.15, 0.2) is 29.8 Å². The van der Waals surface area contributed by atoms with Gasteiger partial charge in [0.1, 0.15) is 5.01 Å². The van der Waals surface area contributed by atoms with Crippen molar-refractivity contribution in [2.45, 2.75) is 6.61 Å². The van der Waals surface area contributed by atoms with Gasteiger partial charge in [0, 0.05) is 11.6 Å². The van der Waals surface area contributed by atoms with Gasteiger partial charge in [0.25, 0.3) is 0 Å². The zero-order chi connectivity index (χ0) is 9.10. The fourth-order valence-electron chi connectivity index (χ4n) is 1.02. The van der Waals surface area contributed by atoms with Gasteiger partial charge in [0.2, 0.25) is 0 Å². The van der Waals surface area contributed by atoms with E-state index in [9.17, 15) is 0 Å². The maximum atomic E-state index is 8.83. The molecule has 13 heavy (non-hydrogen) atoms. The molecule has 0 fully saturated rings. The quantitative estimate of drug-likeness (QED) is 0.787. The van der Waals surface area contributed by atoms with Crippen LogP contribution in [0.4, 0.5) is 0 Å². The van der Waals surface area contributed by atoms with Crippen LogP contribution in [0.1, 0.15) is 5.01 Å². The van der Waals surface area contributed by atoms with Crippen molar-refractivity contribution in [2.24, 2.45) is 0 Å². The number of thiazole rings is 1. The maximum Gasteiger partial charge on any atom is 0.119 e. The van der Waals surface area contributed by atoms with Gasteiger partial charge in [-0.1, -0.05) is 6.07 Å². The van der Waals surface area contributed by atoms with Crippen molar-refractivity contribution in [3.63, 3.8) is 0 Å². The normalized spacial score (nSPS) is 10.2. The summed E-state index contributed by atoms with van der Waals surface area (Å²) in [5.74, 6) is 0. The predicted molar refractivity (Wildman–Crippen MR) is 51.3 cm³/mol. The van der Waals surface area contributed by atoms with E-state index in [1.165, 1.54) is 11.3 Å². The number of aliphatic hydroxyl groups is 1. The van der Waals surface area contributed by atoms with Crippen LogP contribution >= 0.6 is 11.3 Å². The first-order valence-corrected chi connectivity index (χ1v) is 4.75. The summed E-state index contributed by atoms with van der Waals surface area (Å²) in [6, 6.07) is 5.68. The Balaban J connectivity index is 2.36. The molecular formula is C9H8N2OS. The van der Waals surface area contributed by atoms with Crippen LogP contribution in [0.2, 0.25) is 0 Å². The topological polar surface area (TPSA) is 46.0 Å². The molecule has 0 saturated heterocycles. The van der Waals surface area contributed by atoms with Crippen molar-refractivity contribution in [1.29, 1.82) is 0 Å². The van der Waals surface area contributed by atoms with Crippen molar-refractivity contribution in [1.82, 2.24) is 9.97 Å². The van der Waals surface area contributed by atoms with Gasteiger partial charge in [-0.2, -0.15) is 0 Å². The second-order valence-electron chi connectivity index (χ2n) is 2.50. The third kappa shape index (κ3) is 1.74. The Kier molecular flexibility index (Phi) is 2.33. The maximum absolute atomic E-state index is 8.83. The van der Waals surface area contributed by atoms with Crippen molar-refractivity contribution in [3.05, 3.63) is 34.8 Å². The van der Waals surface area contributed by atoms with Crippen LogP contribution in [-0.4, -0.2) is 15.1 Å². The van der Waals surface area contributed by atoms with Crippen molar-refractivity contribution in [2.75, 3.05) is 0 Å². The second kappa shape index (κ2) is 3.64. The van der Waals surface area contributed by atoms with Crippen molar-refractivity contribution >= 4 is 11.3 Å². The van der Waals surface area contributed by atoms with E-state index >= 15 is 0 Å². The Bertz CT molecular complexity index is 386. The molecule has 0 aromatic carbocycles. The number of aromatic nitrogens is 2. The van der Waals surface area contributed by atoms with E-state index in [0.29, 0.717) is 0 Å². The summed E-state index contributed by atoms with van der Waals surface area (Å²) >= 11 is 1.44. The molecule has 4 heteroatoms. The summed E-state index contributed by atoms with van der Waals surface area (Å²) in [7, 11) is 0. The van der Waals surface area contributed by atoms with Gasteiger partial charge in [0.05, 0.1) is 18.0 Å². The number of hydrogen-bond donors (Lipinski definition) is 1. The first kappa shape index (κ1) is 8.34. The zero-order valence-electron chi connectivity index (χ0n) is 6.84. The molecule has 0 amide bonds. The first-order valence-electron chi connectivity index (χ1n) is 3.87. The van der Waals surface area contributed by atoms with E-state index in [1.54, 1.807) is 6.20 Å². The lowest BCUT2D eigenvalue weighted by Gasteiger charge is -1.92. The Morgan fingerprint density at radius 3 is 2.85 bits per heavy atom. The third-order valence-corrected chi connectivity index (χ3v) is 2.45. The van der Waals surface area contributed by atoms with E-state index < -0.39 is 0 Å². The first-order chi connectivity index (χ1) is 6.40. The summed E-state index contributed by atoms with van der Waals surface area (Å²) in [5, 5.41) is 11.4.